The summed E-state index contributed by atoms with van der Waals surface area (Å²) in [5.41, 5.74) is -1.73. The van der Waals surface area contributed by atoms with E-state index >= 15 is 0 Å². The Morgan fingerprint density at radius 3 is 2.16 bits per heavy atom. The van der Waals surface area contributed by atoms with E-state index in [0.717, 1.165) is 0 Å². The second kappa shape index (κ2) is 16.8. The van der Waals surface area contributed by atoms with E-state index in [-0.39, 0.29) is 28.0 Å². The first-order valence-corrected chi connectivity index (χ1v) is 18.9. The average molecular weight is 779 g/mol. The minimum absolute atomic E-state index is 0.00103. The number of carbonyl (C=O) groups excluding carboxylic acids is 4. The first kappa shape index (κ1) is 42.5. The number of carbonyl (C=O) groups is 4. The molecule has 0 radical (unpaired) electrons. The predicted octanol–water partition coefficient (Wildman–Crippen LogP) is 2.66. The second-order valence-corrected chi connectivity index (χ2v) is 15.5. The molecule has 1 aliphatic carbocycles. The molecule has 4 aliphatic heterocycles. The number of rotatable bonds is 3. The number of methoxy groups -OCH3 is 1. The van der Waals surface area contributed by atoms with Crippen LogP contribution in [0, 0.1) is 30.6 Å². The fourth-order valence-corrected chi connectivity index (χ4v) is 7.50. The summed E-state index contributed by atoms with van der Waals surface area (Å²) in [4.78, 5) is 59.0. The Balaban J connectivity index is 1.65. The number of nitrogens with one attached hydrogen (secondary N) is 1. The van der Waals surface area contributed by atoms with E-state index in [0.29, 0.717) is 26.2 Å². The molecule has 0 spiro atoms. The summed E-state index contributed by atoms with van der Waals surface area (Å²) >= 11 is 0. The Labute approximate surface area is 327 Å². The smallest absolute Gasteiger partial charge is 0.312 e. The SMILES string of the molecule is CO[C@H]1/C=C\O[C@@]2(C)Oc3c(C)c(O)c4c(c3C2=O)C(=O)C(/C=N/N2CCN(C)CC2)=C(NC(=O)/C(C)=C/C=C[C@H](C)[C@H](O)[C@@H](C)[C@@H](O)[C@@H](C)[C@H](O)[C@@H]1C)C4=O. The number of hydrogen-bond acceptors (Lipinski definition) is 14. The van der Waals surface area contributed by atoms with Crippen LogP contribution in [0.3, 0.4) is 0 Å². The fourth-order valence-electron chi connectivity index (χ4n) is 7.50. The van der Waals surface area contributed by atoms with Gasteiger partial charge in [-0.1, -0.05) is 45.9 Å². The Bertz CT molecular complexity index is 1910. The van der Waals surface area contributed by atoms with Gasteiger partial charge in [0, 0.05) is 75.0 Å². The minimum atomic E-state index is -2.06. The number of aromatic hydroxyl groups is 1. The number of amides is 1. The quantitative estimate of drug-likeness (QED) is 0.280. The van der Waals surface area contributed by atoms with Gasteiger partial charge in [-0.05, 0) is 27.0 Å². The van der Waals surface area contributed by atoms with E-state index in [2.05, 4.69) is 15.3 Å². The number of aliphatic hydroxyl groups is 3. The number of phenols is 1. The summed E-state index contributed by atoms with van der Waals surface area (Å²) in [5, 5.41) is 54.0. The topological polar surface area (TPSA) is 208 Å². The van der Waals surface area contributed by atoms with Crippen molar-refractivity contribution in [2.75, 3.05) is 40.3 Å². The normalized spacial score (nSPS) is 34.0. The number of phenolic OH excluding ortho intramolecular Hbond substituents is 1. The number of Topliss-reactive ketones (excluding diaryl/α,β-unsaturated/α-hetero) is 3. The summed E-state index contributed by atoms with van der Waals surface area (Å²) < 4.78 is 17.6. The van der Waals surface area contributed by atoms with E-state index in [1.807, 2.05) is 7.05 Å². The summed E-state index contributed by atoms with van der Waals surface area (Å²) in [5.74, 6) is -8.58. The van der Waals surface area contributed by atoms with Crippen molar-refractivity contribution in [1.29, 1.82) is 0 Å². The van der Waals surface area contributed by atoms with Gasteiger partial charge in [-0.25, -0.2) is 0 Å². The van der Waals surface area contributed by atoms with Crippen LogP contribution in [0.5, 0.6) is 11.5 Å². The van der Waals surface area contributed by atoms with Gasteiger partial charge in [0.15, 0.2) is 5.78 Å². The van der Waals surface area contributed by atoms with Crippen LogP contribution in [0.4, 0.5) is 0 Å². The van der Waals surface area contributed by atoms with Gasteiger partial charge in [0.1, 0.15) is 17.2 Å². The molecule has 4 heterocycles. The molecule has 1 aromatic carbocycles. The van der Waals surface area contributed by atoms with Crippen LogP contribution >= 0.6 is 0 Å². The number of likely N-dealkylation sites (N-methyl/N-ethyl adjacent to an activating group) is 1. The van der Waals surface area contributed by atoms with Gasteiger partial charge in [0.05, 0.1) is 59.2 Å². The van der Waals surface area contributed by atoms with E-state index in [1.165, 1.54) is 52.5 Å². The van der Waals surface area contributed by atoms with Crippen LogP contribution < -0.4 is 10.1 Å². The lowest BCUT2D eigenvalue weighted by molar-refractivity contribution is -0.116. The van der Waals surface area contributed by atoms with Gasteiger partial charge < -0.3 is 44.9 Å². The maximum absolute atomic E-state index is 14.6. The van der Waals surface area contributed by atoms with Crippen molar-refractivity contribution in [2.45, 2.75) is 78.7 Å². The van der Waals surface area contributed by atoms with Crippen LogP contribution in [0.15, 0.2) is 52.5 Å². The summed E-state index contributed by atoms with van der Waals surface area (Å²) in [6, 6.07) is 0. The highest BCUT2D eigenvalue weighted by atomic mass is 16.7. The first-order chi connectivity index (χ1) is 26.3. The number of piperazine rings is 1. The molecule has 6 rings (SSSR count). The van der Waals surface area contributed by atoms with Crippen LogP contribution in [0.2, 0.25) is 0 Å². The number of ketones is 3. The monoisotopic (exact) mass is 778 g/mol. The van der Waals surface area contributed by atoms with Crippen molar-refractivity contribution in [1.82, 2.24) is 15.2 Å². The molecule has 5 N–H and O–H groups in total. The number of allylic oxidation sites excluding steroid dienone is 4. The van der Waals surface area contributed by atoms with Gasteiger partial charge in [0.2, 0.25) is 5.78 Å². The third-order valence-electron chi connectivity index (χ3n) is 11.6. The fraction of sp³-hybridized carbons (Fsp3) is 0.537. The van der Waals surface area contributed by atoms with Crippen molar-refractivity contribution < 1.29 is 53.8 Å². The minimum Gasteiger partial charge on any atom is -0.507 e. The van der Waals surface area contributed by atoms with Crippen LogP contribution in [0.25, 0.3) is 0 Å². The van der Waals surface area contributed by atoms with Gasteiger partial charge in [-0.2, -0.15) is 5.10 Å². The van der Waals surface area contributed by atoms with E-state index in [1.54, 1.807) is 44.9 Å². The summed E-state index contributed by atoms with van der Waals surface area (Å²) in [6.07, 6.45) is 4.49. The summed E-state index contributed by atoms with van der Waals surface area (Å²) in [6.45, 7) is 13.5. The highest BCUT2D eigenvalue weighted by Gasteiger charge is 2.52. The van der Waals surface area contributed by atoms with Crippen LogP contribution in [-0.2, 0) is 14.3 Å². The lowest BCUT2D eigenvalue weighted by Gasteiger charge is -2.36. The first-order valence-electron chi connectivity index (χ1n) is 18.9. The van der Waals surface area contributed by atoms with Crippen LogP contribution in [0.1, 0.15) is 78.2 Å². The number of benzene rings is 1. The van der Waals surface area contributed by atoms with E-state index in [9.17, 15) is 39.6 Å². The zero-order valence-electron chi connectivity index (χ0n) is 33.4. The maximum atomic E-state index is 14.6. The van der Waals surface area contributed by atoms with Gasteiger partial charge in [0.25, 0.3) is 11.7 Å². The molecular weight excluding hydrogens is 724 g/mol. The lowest BCUT2D eigenvalue weighted by atomic mass is 9.78. The Morgan fingerprint density at radius 2 is 1.52 bits per heavy atom. The van der Waals surface area contributed by atoms with Gasteiger partial charge >= 0.3 is 5.79 Å². The predicted molar refractivity (Wildman–Crippen MR) is 206 cm³/mol. The third-order valence-corrected chi connectivity index (χ3v) is 11.6. The molecule has 9 atom stereocenters. The Kier molecular flexibility index (Phi) is 12.8. The highest BCUT2D eigenvalue weighted by Crippen LogP contribution is 2.48. The van der Waals surface area contributed by atoms with Crippen molar-refractivity contribution in [3.05, 3.63) is 69.7 Å². The van der Waals surface area contributed by atoms with Gasteiger partial charge in [-0.15, -0.1) is 0 Å². The maximum Gasteiger partial charge on any atom is 0.312 e. The largest absolute Gasteiger partial charge is 0.507 e. The van der Waals surface area contributed by atoms with Crippen molar-refractivity contribution in [3.8, 4) is 11.5 Å². The zero-order chi connectivity index (χ0) is 41.4. The molecule has 56 heavy (non-hydrogen) atoms. The molecule has 0 unspecified atom stereocenters. The van der Waals surface area contributed by atoms with Gasteiger partial charge in [-0.3, -0.25) is 24.2 Å². The summed E-state index contributed by atoms with van der Waals surface area (Å²) in [7, 11) is 3.39. The molecule has 1 saturated heterocycles. The molecule has 1 aromatic rings. The molecule has 1 amide bonds. The third kappa shape index (κ3) is 7.96. The lowest BCUT2D eigenvalue weighted by Crippen LogP contribution is -2.45. The highest BCUT2D eigenvalue weighted by molar-refractivity contribution is 6.37. The number of fused-ring (bicyclic) bond motifs is 14. The Hall–Kier alpha value is -4.67. The van der Waals surface area contributed by atoms with E-state index < -0.39 is 99.7 Å². The van der Waals surface area contributed by atoms with E-state index in [4.69, 9.17) is 14.2 Å². The number of nitrogens with zero attached hydrogens (tertiary/aromatic N) is 3. The van der Waals surface area contributed by atoms with Crippen molar-refractivity contribution in [2.24, 2.45) is 28.8 Å². The number of hydrazone groups is 1. The molecule has 0 saturated carbocycles. The average Bonchev–Trinajstić information content (AvgIpc) is 3.44. The molecular formula is C41H54N4O11. The number of aliphatic hydroxyl groups excluding tert-OH is 3. The molecule has 5 aliphatic rings. The molecule has 304 valence electrons. The van der Waals surface area contributed by atoms with Crippen molar-refractivity contribution in [3.63, 3.8) is 0 Å². The number of ether oxygens (including phenoxy) is 3. The molecule has 1 fully saturated rings. The number of hydrogen-bond donors (Lipinski definition) is 5. The molecule has 15 nitrogen and oxygen atoms in total. The molecule has 5 bridgehead atoms. The standard InChI is InChI=1S/C41H54N4O11/c1-20-11-10-12-21(2)40(53)43-31-26(19-42-45-16-14-44(8)15-17-45)36(50)28-29(37(31)51)35(49)25(6)38-30(28)39(52)41(7,56-38)55-18-13-27(54-9)22(3)33(47)24(5)34(48)23(4)32(20)46/h10-13,18-20,22-24,27,32-34,46-49H,14-17H2,1-9H3,(H,43,53)/b11-10?,18-13-,21-12+,42-19+/t20-,22+,23+,24-,27-,32-,33+,34+,41-/m0/s1. The van der Waals surface area contributed by atoms with Crippen molar-refractivity contribution >= 4 is 29.5 Å². The zero-order valence-corrected chi connectivity index (χ0v) is 33.4. The molecule has 15 heteroatoms. The molecule has 0 aromatic heterocycles. The Morgan fingerprint density at radius 1 is 0.893 bits per heavy atom. The van der Waals surface area contributed by atoms with Crippen LogP contribution in [-0.4, -0.2) is 130 Å². The second-order valence-electron chi connectivity index (χ2n) is 15.5.